The average Bonchev–Trinajstić information content (AvgIpc) is 2.23. The van der Waals surface area contributed by atoms with Crippen molar-refractivity contribution in [1.82, 2.24) is 0 Å². The molecular formula is C12H13F3OS. The van der Waals surface area contributed by atoms with Crippen LogP contribution in [0, 0.1) is 0 Å². The quantitative estimate of drug-likeness (QED) is 0.473. The standard InChI is InChI=1S/C12H13F3OS/c1-9(16)3-2-8-17-11-6-4-10(5-7-11)12(13,14)15/h4-7,16H,1-3,8H2. The van der Waals surface area contributed by atoms with E-state index in [-0.39, 0.29) is 5.76 Å². The Bertz CT molecular complexity index is 370. The van der Waals surface area contributed by atoms with E-state index in [1.807, 2.05) is 0 Å². The molecule has 0 saturated heterocycles. The van der Waals surface area contributed by atoms with Gasteiger partial charge in [-0.15, -0.1) is 11.8 Å². The summed E-state index contributed by atoms with van der Waals surface area (Å²) >= 11 is 1.46. The number of alkyl halides is 3. The van der Waals surface area contributed by atoms with E-state index in [0.717, 1.165) is 29.2 Å². The molecule has 5 heteroatoms. The second kappa shape index (κ2) is 6.00. The van der Waals surface area contributed by atoms with Crippen molar-refractivity contribution in [3.05, 3.63) is 42.2 Å². The van der Waals surface area contributed by atoms with Crippen LogP contribution in [-0.2, 0) is 6.18 Å². The van der Waals surface area contributed by atoms with Crippen LogP contribution in [0.25, 0.3) is 0 Å². The molecule has 0 fully saturated rings. The van der Waals surface area contributed by atoms with E-state index in [2.05, 4.69) is 6.58 Å². The fourth-order valence-corrected chi connectivity index (χ4v) is 2.06. The van der Waals surface area contributed by atoms with Crippen molar-refractivity contribution in [3.63, 3.8) is 0 Å². The van der Waals surface area contributed by atoms with Gasteiger partial charge in [-0.3, -0.25) is 0 Å². The molecule has 0 bridgehead atoms. The molecule has 1 rings (SSSR count). The zero-order valence-electron chi connectivity index (χ0n) is 9.13. The maximum absolute atomic E-state index is 12.3. The maximum atomic E-state index is 12.3. The first kappa shape index (κ1) is 14.0. The summed E-state index contributed by atoms with van der Waals surface area (Å²) in [4.78, 5) is 0.793. The first-order chi connectivity index (χ1) is 7.89. The lowest BCUT2D eigenvalue weighted by Crippen LogP contribution is -2.03. The minimum absolute atomic E-state index is 0.137. The average molecular weight is 262 g/mol. The van der Waals surface area contributed by atoms with Crippen molar-refractivity contribution in [3.8, 4) is 0 Å². The second-order valence-corrected chi connectivity index (χ2v) is 4.71. The highest BCUT2D eigenvalue weighted by Crippen LogP contribution is 2.30. The van der Waals surface area contributed by atoms with E-state index in [1.165, 1.54) is 23.9 Å². The van der Waals surface area contributed by atoms with Crippen LogP contribution in [0.5, 0.6) is 0 Å². The lowest BCUT2D eigenvalue weighted by atomic mass is 10.2. The predicted octanol–water partition coefficient (Wildman–Crippen LogP) is 4.65. The number of allylic oxidation sites excluding steroid dienone is 1. The normalized spacial score (nSPS) is 11.5. The van der Waals surface area contributed by atoms with Crippen LogP contribution in [0.1, 0.15) is 18.4 Å². The van der Waals surface area contributed by atoms with Gasteiger partial charge in [0.1, 0.15) is 0 Å². The minimum Gasteiger partial charge on any atom is -0.513 e. The van der Waals surface area contributed by atoms with Crippen LogP contribution >= 0.6 is 11.8 Å². The largest absolute Gasteiger partial charge is 0.513 e. The molecule has 17 heavy (non-hydrogen) atoms. The van der Waals surface area contributed by atoms with Gasteiger partial charge in [0.2, 0.25) is 0 Å². The molecule has 0 aliphatic rings. The molecule has 1 aromatic rings. The summed E-state index contributed by atoms with van der Waals surface area (Å²) in [5, 5.41) is 8.85. The van der Waals surface area contributed by atoms with E-state index in [0.29, 0.717) is 6.42 Å². The highest BCUT2D eigenvalue weighted by atomic mass is 32.2. The molecule has 1 aromatic carbocycles. The highest BCUT2D eigenvalue weighted by molar-refractivity contribution is 7.99. The van der Waals surface area contributed by atoms with Gasteiger partial charge in [0.15, 0.2) is 0 Å². The Kier molecular flexibility index (Phi) is 4.93. The molecule has 0 unspecified atom stereocenters. The molecule has 0 amide bonds. The Morgan fingerprint density at radius 3 is 2.29 bits per heavy atom. The van der Waals surface area contributed by atoms with Crippen LogP contribution in [0.15, 0.2) is 41.5 Å². The van der Waals surface area contributed by atoms with Crippen LogP contribution < -0.4 is 0 Å². The molecule has 0 atom stereocenters. The number of hydrogen-bond acceptors (Lipinski definition) is 2. The molecule has 0 radical (unpaired) electrons. The Balaban J connectivity index is 2.43. The van der Waals surface area contributed by atoms with Gasteiger partial charge in [0.05, 0.1) is 11.3 Å². The van der Waals surface area contributed by atoms with Crippen LogP contribution in [0.2, 0.25) is 0 Å². The summed E-state index contributed by atoms with van der Waals surface area (Å²) in [5.74, 6) is 0.878. The zero-order chi connectivity index (χ0) is 12.9. The van der Waals surface area contributed by atoms with Gasteiger partial charge in [0, 0.05) is 11.3 Å². The summed E-state index contributed by atoms with van der Waals surface area (Å²) in [6.07, 6.45) is -3.01. The SMILES string of the molecule is C=C(O)CCCSc1ccc(C(F)(F)F)cc1. The molecular weight excluding hydrogens is 249 g/mol. The number of benzene rings is 1. The Morgan fingerprint density at radius 2 is 1.82 bits per heavy atom. The smallest absolute Gasteiger partial charge is 0.416 e. The monoisotopic (exact) mass is 262 g/mol. The summed E-state index contributed by atoms with van der Waals surface area (Å²) in [6.45, 7) is 3.36. The predicted molar refractivity (Wildman–Crippen MR) is 63.2 cm³/mol. The second-order valence-electron chi connectivity index (χ2n) is 3.54. The zero-order valence-corrected chi connectivity index (χ0v) is 9.94. The van der Waals surface area contributed by atoms with E-state index >= 15 is 0 Å². The van der Waals surface area contributed by atoms with Crippen molar-refractivity contribution in [2.75, 3.05) is 5.75 Å². The lowest BCUT2D eigenvalue weighted by Gasteiger charge is -2.07. The fourth-order valence-electron chi connectivity index (χ4n) is 1.21. The van der Waals surface area contributed by atoms with Gasteiger partial charge in [-0.25, -0.2) is 0 Å². The summed E-state index contributed by atoms with van der Waals surface area (Å²) in [5.41, 5.74) is -0.634. The molecule has 0 heterocycles. The number of rotatable bonds is 5. The summed E-state index contributed by atoms with van der Waals surface area (Å²) < 4.78 is 36.8. The molecule has 0 aliphatic carbocycles. The van der Waals surface area contributed by atoms with Crippen molar-refractivity contribution in [2.24, 2.45) is 0 Å². The van der Waals surface area contributed by atoms with Crippen molar-refractivity contribution in [2.45, 2.75) is 23.9 Å². The van der Waals surface area contributed by atoms with Crippen LogP contribution in [0.3, 0.4) is 0 Å². The number of halogens is 3. The van der Waals surface area contributed by atoms with Gasteiger partial charge in [-0.2, -0.15) is 13.2 Å². The molecule has 0 aliphatic heterocycles. The Hall–Kier alpha value is -1.10. The van der Waals surface area contributed by atoms with Crippen LogP contribution in [-0.4, -0.2) is 10.9 Å². The Morgan fingerprint density at radius 1 is 1.24 bits per heavy atom. The Labute approximate surface area is 102 Å². The van der Waals surface area contributed by atoms with Gasteiger partial charge < -0.3 is 5.11 Å². The summed E-state index contributed by atoms with van der Waals surface area (Å²) in [7, 11) is 0. The van der Waals surface area contributed by atoms with Gasteiger partial charge in [-0.1, -0.05) is 6.58 Å². The fraction of sp³-hybridized carbons (Fsp3) is 0.333. The molecule has 0 saturated carbocycles. The third-order valence-corrected chi connectivity index (χ3v) is 3.16. The number of aliphatic hydroxyl groups excluding tert-OH is 1. The third kappa shape index (κ3) is 5.17. The molecule has 1 N–H and O–H groups in total. The summed E-state index contributed by atoms with van der Waals surface area (Å²) in [6, 6.07) is 5.07. The number of aliphatic hydroxyl groups is 1. The molecule has 1 nitrogen and oxygen atoms in total. The maximum Gasteiger partial charge on any atom is 0.416 e. The third-order valence-electron chi connectivity index (χ3n) is 2.06. The van der Waals surface area contributed by atoms with Crippen molar-refractivity contribution < 1.29 is 18.3 Å². The molecule has 0 aromatic heterocycles. The first-order valence-corrected chi connectivity index (χ1v) is 6.05. The lowest BCUT2D eigenvalue weighted by molar-refractivity contribution is -0.137. The topological polar surface area (TPSA) is 20.2 Å². The molecule has 94 valence electrons. The molecule has 0 spiro atoms. The number of thioether (sulfide) groups is 1. The van der Waals surface area contributed by atoms with E-state index in [4.69, 9.17) is 5.11 Å². The van der Waals surface area contributed by atoms with Gasteiger partial charge >= 0.3 is 6.18 Å². The van der Waals surface area contributed by atoms with Crippen molar-refractivity contribution >= 4 is 11.8 Å². The first-order valence-electron chi connectivity index (χ1n) is 5.06. The van der Waals surface area contributed by atoms with Crippen molar-refractivity contribution in [1.29, 1.82) is 0 Å². The van der Waals surface area contributed by atoms with Gasteiger partial charge in [-0.05, 0) is 36.4 Å². The highest BCUT2D eigenvalue weighted by Gasteiger charge is 2.29. The van der Waals surface area contributed by atoms with Gasteiger partial charge in [0.25, 0.3) is 0 Å². The van der Waals surface area contributed by atoms with E-state index in [1.54, 1.807) is 0 Å². The number of hydrogen-bond donors (Lipinski definition) is 1. The van der Waals surface area contributed by atoms with E-state index < -0.39 is 11.7 Å². The van der Waals surface area contributed by atoms with Crippen LogP contribution in [0.4, 0.5) is 13.2 Å². The minimum atomic E-state index is -4.28. The van der Waals surface area contributed by atoms with E-state index in [9.17, 15) is 13.2 Å².